The van der Waals surface area contributed by atoms with Gasteiger partial charge in [0.25, 0.3) is 0 Å². The maximum absolute atomic E-state index is 12.2. The summed E-state index contributed by atoms with van der Waals surface area (Å²) >= 11 is 6.92. The van der Waals surface area contributed by atoms with Crippen LogP contribution in [0.25, 0.3) is 0 Å². The molecule has 0 aromatic heterocycles. The minimum Gasteiger partial charge on any atom is -0.493 e. The summed E-state index contributed by atoms with van der Waals surface area (Å²) in [5.41, 5.74) is 5.77. The molecule has 0 aliphatic rings. The topological polar surface area (TPSA) is 89.0 Å². The van der Waals surface area contributed by atoms with Crippen LogP contribution in [0.1, 0.15) is 30.0 Å². The number of amides is 2. The average Bonchev–Trinajstić information content (AvgIpc) is 2.84. The van der Waals surface area contributed by atoms with Crippen molar-refractivity contribution in [1.82, 2.24) is 5.43 Å². The lowest BCUT2D eigenvalue weighted by atomic mass is 10.1. The van der Waals surface area contributed by atoms with Crippen LogP contribution in [0.3, 0.4) is 0 Å². The second-order valence-corrected chi connectivity index (χ2v) is 9.25. The van der Waals surface area contributed by atoms with Gasteiger partial charge < -0.3 is 14.8 Å². The van der Waals surface area contributed by atoms with Gasteiger partial charge in [0.15, 0.2) is 11.5 Å². The molecule has 0 heterocycles. The van der Waals surface area contributed by atoms with Crippen molar-refractivity contribution in [2.45, 2.75) is 26.4 Å². The Morgan fingerprint density at radius 3 is 2.49 bits per heavy atom. The lowest BCUT2D eigenvalue weighted by Gasteiger charge is -2.13. The molecule has 0 saturated carbocycles. The quantitative estimate of drug-likeness (QED) is 0.173. The number of para-hydroxylation sites is 1. The zero-order valence-corrected chi connectivity index (χ0v) is 22.5. The molecule has 182 valence electrons. The van der Waals surface area contributed by atoms with Crippen molar-refractivity contribution in [3.63, 3.8) is 0 Å². The third-order valence-corrected chi connectivity index (χ3v) is 6.06. The van der Waals surface area contributed by atoms with Gasteiger partial charge in [-0.25, -0.2) is 5.43 Å². The fourth-order valence-electron chi connectivity index (χ4n) is 3.20. The predicted molar refractivity (Wildman–Crippen MR) is 144 cm³/mol. The average molecular weight is 603 g/mol. The molecule has 0 fully saturated rings. The number of carbonyl (C=O) groups is 2. The number of hydrogen-bond donors (Lipinski definition) is 2. The number of hydrazone groups is 1. The van der Waals surface area contributed by atoms with E-state index in [0.717, 1.165) is 22.0 Å². The minimum atomic E-state index is -0.520. The van der Waals surface area contributed by atoms with E-state index in [1.807, 2.05) is 55.5 Å². The second kappa shape index (κ2) is 13.1. The molecule has 3 rings (SSSR count). The van der Waals surface area contributed by atoms with Crippen molar-refractivity contribution >= 4 is 55.6 Å². The van der Waals surface area contributed by atoms with E-state index in [1.54, 1.807) is 19.2 Å². The molecule has 0 unspecified atom stereocenters. The third kappa shape index (κ3) is 7.93. The molecular weight excluding hydrogens is 578 g/mol. The summed E-state index contributed by atoms with van der Waals surface area (Å²) in [6, 6.07) is 18.9. The Hall–Kier alpha value is -3.17. The number of nitrogens with zero attached hydrogens (tertiary/aromatic N) is 1. The van der Waals surface area contributed by atoms with Gasteiger partial charge in [0.2, 0.25) is 11.8 Å². The Morgan fingerprint density at radius 1 is 1.03 bits per heavy atom. The highest BCUT2D eigenvalue weighted by atomic mass is 79.9. The number of ether oxygens (including phenoxy) is 2. The first-order valence-corrected chi connectivity index (χ1v) is 12.4. The van der Waals surface area contributed by atoms with E-state index in [1.165, 1.54) is 6.21 Å². The van der Waals surface area contributed by atoms with E-state index in [9.17, 15) is 9.59 Å². The molecule has 0 aliphatic carbocycles. The Labute approximate surface area is 221 Å². The van der Waals surface area contributed by atoms with Gasteiger partial charge in [-0.05, 0) is 69.4 Å². The Kier molecular flexibility index (Phi) is 9.86. The molecule has 7 nitrogen and oxygen atoms in total. The van der Waals surface area contributed by atoms with E-state index in [4.69, 9.17) is 9.47 Å². The minimum absolute atomic E-state index is 0.342. The fraction of sp³-hybridized carbons (Fsp3) is 0.192. The fourth-order valence-corrected chi connectivity index (χ4v) is 4.04. The molecule has 0 aliphatic heterocycles. The Balaban J connectivity index is 1.57. The van der Waals surface area contributed by atoms with Crippen LogP contribution >= 0.6 is 31.9 Å². The molecular formula is C26H25Br2N3O4. The summed E-state index contributed by atoms with van der Waals surface area (Å²) in [7, 11) is 1.55. The maximum atomic E-state index is 12.2. The SMILES string of the molecule is CCc1ccccc1NC(=O)CC(=O)NN=Cc1cc(Br)c(OCc2ccc(Br)cc2)c(OC)c1. The number of nitrogens with one attached hydrogen (secondary N) is 2. The summed E-state index contributed by atoms with van der Waals surface area (Å²) in [4.78, 5) is 24.3. The number of rotatable bonds is 10. The van der Waals surface area contributed by atoms with E-state index in [0.29, 0.717) is 33.8 Å². The lowest BCUT2D eigenvalue weighted by Crippen LogP contribution is -2.25. The van der Waals surface area contributed by atoms with Gasteiger partial charge in [0, 0.05) is 10.2 Å². The molecule has 35 heavy (non-hydrogen) atoms. The van der Waals surface area contributed by atoms with E-state index < -0.39 is 11.8 Å². The summed E-state index contributed by atoms with van der Waals surface area (Å²) in [5, 5.41) is 6.72. The van der Waals surface area contributed by atoms with Gasteiger partial charge in [-0.15, -0.1) is 0 Å². The lowest BCUT2D eigenvalue weighted by molar-refractivity contribution is -0.126. The van der Waals surface area contributed by atoms with Crippen molar-refractivity contribution in [3.05, 3.63) is 86.3 Å². The van der Waals surface area contributed by atoms with Crippen LogP contribution in [-0.2, 0) is 22.6 Å². The molecule has 0 spiro atoms. The molecule has 3 aromatic carbocycles. The van der Waals surface area contributed by atoms with E-state index >= 15 is 0 Å². The molecule has 0 atom stereocenters. The van der Waals surface area contributed by atoms with E-state index in [-0.39, 0.29) is 6.42 Å². The van der Waals surface area contributed by atoms with Gasteiger partial charge >= 0.3 is 0 Å². The maximum Gasteiger partial charge on any atom is 0.249 e. The smallest absolute Gasteiger partial charge is 0.249 e. The standard InChI is InChI=1S/C26H25Br2N3O4/c1-3-19-6-4-5-7-22(19)30-24(32)14-25(33)31-29-15-18-12-21(28)26(23(13-18)34-2)35-16-17-8-10-20(27)11-9-17/h4-13,15H,3,14,16H2,1-2H3,(H,30,32)(H,31,33). The van der Waals surface area contributed by atoms with Gasteiger partial charge in [-0.1, -0.05) is 53.2 Å². The highest BCUT2D eigenvalue weighted by molar-refractivity contribution is 9.10. The molecule has 0 radical (unpaired) electrons. The number of anilines is 1. The number of methoxy groups -OCH3 is 1. The van der Waals surface area contributed by atoms with Gasteiger partial charge in [0.05, 0.1) is 17.8 Å². The summed E-state index contributed by atoms with van der Waals surface area (Å²) in [6.45, 7) is 2.37. The van der Waals surface area contributed by atoms with Crippen molar-refractivity contribution in [2.24, 2.45) is 5.10 Å². The largest absolute Gasteiger partial charge is 0.493 e. The van der Waals surface area contributed by atoms with Gasteiger partial charge in [-0.2, -0.15) is 5.10 Å². The first-order valence-electron chi connectivity index (χ1n) is 10.8. The van der Waals surface area contributed by atoms with Gasteiger partial charge in [-0.3, -0.25) is 9.59 Å². The monoisotopic (exact) mass is 601 g/mol. The first kappa shape index (κ1) is 26.4. The van der Waals surface area contributed by atoms with Crippen molar-refractivity contribution in [1.29, 1.82) is 0 Å². The van der Waals surface area contributed by atoms with Crippen molar-refractivity contribution < 1.29 is 19.1 Å². The Bertz CT molecular complexity index is 1210. The highest BCUT2D eigenvalue weighted by Gasteiger charge is 2.13. The van der Waals surface area contributed by atoms with Crippen LogP contribution in [0, 0.1) is 0 Å². The van der Waals surface area contributed by atoms with Crippen LogP contribution in [0.4, 0.5) is 5.69 Å². The van der Waals surface area contributed by atoms with Gasteiger partial charge in [0.1, 0.15) is 13.0 Å². The molecule has 3 aromatic rings. The molecule has 2 amide bonds. The zero-order chi connectivity index (χ0) is 25.2. The second-order valence-electron chi connectivity index (χ2n) is 7.48. The number of benzene rings is 3. The van der Waals surface area contributed by atoms with Crippen molar-refractivity contribution in [3.8, 4) is 11.5 Å². The highest BCUT2D eigenvalue weighted by Crippen LogP contribution is 2.37. The number of carbonyl (C=O) groups excluding carboxylic acids is 2. The normalized spacial score (nSPS) is 10.7. The van der Waals surface area contributed by atoms with E-state index in [2.05, 4.69) is 47.7 Å². The molecule has 2 N–H and O–H groups in total. The summed E-state index contributed by atoms with van der Waals surface area (Å²) in [6.07, 6.45) is 1.90. The van der Waals surface area contributed by atoms with Crippen LogP contribution < -0.4 is 20.2 Å². The summed E-state index contributed by atoms with van der Waals surface area (Å²) in [5.74, 6) is 0.141. The summed E-state index contributed by atoms with van der Waals surface area (Å²) < 4.78 is 13.1. The zero-order valence-electron chi connectivity index (χ0n) is 19.3. The van der Waals surface area contributed by atoms with Crippen LogP contribution in [0.2, 0.25) is 0 Å². The number of aryl methyl sites for hydroxylation is 1. The molecule has 0 saturated heterocycles. The molecule has 0 bridgehead atoms. The van der Waals surface area contributed by atoms with Crippen LogP contribution in [0.5, 0.6) is 11.5 Å². The Morgan fingerprint density at radius 2 is 1.77 bits per heavy atom. The van der Waals surface area contributed by atoms with Crippen LogP contribution in [-0.4, -0.2) is 25.1 Å². The van der Waals surface area contributed by atoms with Crippen molar-refractivity contribution in [2.75, 3.05) is 12.4 Å². The first-order chi connectivity index (χ1) is 16.9. The van der Waals surface area contributed by atoms with Crippen LogP contribution in [0.15, 0.2) is 74.7 Å². The number of hydrogen-bond acceptors (Lipinski definition) is 5. The predicted octanol–water partition coefficient (Wildman–Crippen LogP) is 5.84. The number of halogens is 2. The third-order valence-electron chi connectivity index (χ3n) is 4.94. The molecule has 9 heteroatoms.